The Balaban J connectivity index is 3.25. The Bertz CT molecular complexity index is 761. The van der Waals surface area contributed by atoms with E-state index in [1.807, 2.05) is 19.9 Å². The number of carbonyl (C=O) groups excluding carboxylic acids is 3. The van der Waals surface area contributed by atoms with E-state index >= 15 is 0 Å². The average Bonchev–Trinajstić information content (AvgIpc) is 2.70. The Kier molecular flexibility index (Phi) is 10.9. The van der Waals surface area contributed by atoms with Crippen LogP contribution in [0.4, 0.5) is 4.79 Å². The molecule has 0 aromatic heterocycles. The number of ether oxygens (including phenoxy) is 1. The lowest BCUT2D eigenvalue weighted by atomic mass is 10.0. The molecule has 8 heteroatoms. The monoisotopic (exact) mass is 447 g/mol. The number of rotatable bonds is 11. The molecule has 0 saturated heterocycles. The van der Waals surface area contributed by atoms with Gasteiger partial charge in [-0.15, -0.1) is 6.58 Å². The normalized spacial score (nSPS) is 13.9. The highest BCUT2D eigenvalue weighted by Gasteiger charge is 2.35. The van der Waals surface area contributed by atoms with Crippen LogP contribution in [0.15, 0.2) is 43.0 Å². The van der Waals surface area contributed by atoms with Crippen molar-refractivity contribution in [1.29, 1.82) is 0 Å². The molecule has 1 aromatic carbocycles. The second-order valence-electron chi connectivity index (χ2n) is 8.67. The number of carbonyl (C=O) groups is 3. The molecule has 3 atom stereocenters. The van der Waals surface area contributed by atoms with Crippen molar-refractivity contribution in [2.24, 2.45) is 0 Å². The topological polar surface area (TPSA) is 108 Å². The molecule has 3 N–H and O–H groups in total. The summed E-state index contributed by atoms with van der Waals surface area (Å²) in [6.45, 7) is 12.1. The van der Waals surface area contributed by atoms with Gasteiger partial charge in [0.2, 0.25) is 11.8 Å². The summed E-state index contributed by atoms with van der Waals surface area (Å²) in [5, 5.41) is 15.2. The number of hydrogen-bond acceptors (Lipinski definition) is 5. The molecule has 0 aliphatic heterocycles. The molecule has 0 fully saturated rings. The van der Waals surface area contributed by atoms with Gasteiger partial charge in [-0.05, 0) is 39.7 Å². The number of aliphatic hydroxyl groups is 1. The molecule has 0 aliphatic carbocycles. The quantitative estimate of drug-likeness (QED) is 0.452. The fourth-order valence-corrected chi connectivity index (χ4v) is 3.23. The first-order chi connectivity index (χ1) is 15.0. The molecule has 8 nitrogen and oxygen atoms in total. The van der Waals surface area contributed by atoms with Crippen molar-refractivity contribution >= 4 is 17.9 Å². The SMILES string of the molecule is C=CCN(C(=O)C(CO)NC(=O)OC(C)(C)C)C(C(=O)NC(C)CCC)c1ccccc1. The van der Waals surface area contributed by atoms with Crippen LogP contribution in [0.3, 0.4) is 0 Å². The van der Waals surface area contributed by atoms with E-state index in [0.717, 1.165) is 12.8 Å². The summed E-state index contributed by atoms with van der Waals surface area (Å²) in [6.07, 6.45) is 2.36. The zero-order valence-electron chi connectivity index (χ0n) is 19.8. The second kappa shape index (κ2) is 12.9. The highest BCUT2D eigenvalue weighted by atomic mass is 16.6. The molecule has 32 heavy (non-hydrogen) atoms. The number of benzene rings is 1. The van der Waals surface area contributed by atoms with Gasteiger partial charge in [0.1, 0.15) is 17.7 Å². The highest BCUT2D eigenvalue weighted by Crippen LogP contribution is 2.23. The molecule has 1 rings (SSSR count). The molecule has 0 aliphatic rings. The molecule has 0 heterocycles. The molecule has 3 unspecified atom stereocenters. The van der Waals surface area contributed by atoms with Crippen molar-refractivity contribution in [2.45, 2.75) is 71.2 Å². The maximum absolute atomic E-state index is 13.4. The van der Waals surface area contributed by atoms with E-state index in [4.69, 9.17) is 4.74 Å². The van der Waals surface area contributed by atoms with Gasteiger partial charge in [-0.2, -0.15) is 0 Å². The van der Waals surface area contributed by atoms with Crippen molar-refractivity contribution < 1.29 is 24.2 Å². The first-order valence-electron chi connectivity index (χ1n) is 10.9. The maximum Gasteiger partial charge on any atom is 0.408 e. The molecule has 0 spiro atoms. The van der Waals surface area contributed by atoms with E-state index in [-0.39, 0.29) is 18.5 Å². The number of nitrogens with one attached hydrogen (secondary N) is 2. The van der Waals surface area contributed by atoms with Crippen molar-refractivity contribution in [2.75, 3.05) is 13.2 Å². The molecular weight excluding hydrogens is 410 g/mol. The highest BCUT2D eigenvalue weighted by molar-refractivity contribution is 5.92. The first kappa shape index (κ1) is 27.2. The van der Waals surface area contributed by atoms with Gasteiger partial charge in [-0.3, -0.25) is 9.59 Å². The van der Waals surface area contributed by atoms with Crippen LogP contribution in [0.1, 0.15) is 59.1 Å². The van der Waals surface area contributed by atoms with E-state index in [1.54, 1.807) is 45.0 Å². The summed E-state index contributed by atoms with van der Waals surface area (Å²) in [6, 6.07) is 6.58. The van der Waals surface area contributed by atoms with Crippen LogP contribution < -0.4 is 10.6 Å². The van der Waals surface area contributed by atoms with Crippen molar-refractivity contribution in [1.82, 2.24) is 15.5 Å². The summed E-state index contributed by atoms with van der Waals surface area (Å²) in [5.74, 6) is -0.966. The van der Waals surface area contributed by atoms with E-state index in [1.165, 1.54) is 11.0 Å². The van der Waals surface area contributed by atoms with Gasteiger partial charge in [0, 0.05) is 12.6 Å². The zero-order valence-corrected chi connectivity index (χ0v) is 19.8. The Morgan fingerprint density at radius 1 is 1.19 bits per heavy atom. The van der Waals surface area contributed by atoms with Gasteiger partial charge < -0.3 is 25.4 Å². The Labute approximate surface area is 191 Å². The summed E-state index contributed by atoms with van der Waals surface area (Å²) in [5.41, 5.74) is -0.159. The molecule has 0 bridgehead atoms. The Morgan fingerprint density at radius 3 is 2.31 bits per heavy atom. The Hall–Kier alpha value is -2.87. The smallest absolute Gasteiger partial charge is 0.408 e. The van der Waals surface area contributed by atoms with Crippen LogP contribution >= 0.6 is 0 Å². The van der Waals surface area contributed by atoms with E-state index in [9.17, 15) is 19.5 Å². The maximum atomic E-state index is 13.4. The lowest BCUT2D eigenvalue weighted by Crippen LogP contribution is -2.54. The third-order valence-electron chi connectivity index (χ3n) is 4.57. The largest absolute Gasteiger partial charge is 0.444 e. The number of nitrogens with zero attached hydrogens (tertiary/aromatic N) is 1. The van der Waals surface area contributed by atoms with Crippen molar-refractivity contribution in [3.63, 3.8) is 0 Å². The predicted molar refractivity (Wildman–Crippen MR) is 124 cm³/mol. The number of alkyl carbamates (subject to hydrolysis) is 1. The molecule has 0 radical (unpaired) electrons. The molecule has 178 valence electrons. The van der Waals surface area contributed by atoms with E-state index in [0.29, 0.717) is 5.56 Å². The molecule has 1 aromatic rings. The van der Waals surface area contributed by atoms with Gasteiger partial charge in [0.25, 0.3) is 0 Å². The van der Waals surface area contributed by atoms with Gasteiger partial charge in [-0.25, -0.2) is 4.79 Å². The van der Waals surface area contributed by atoms with Crippen LogP contribution in [0.25, 0.3) is 0 Å². The fourth-order valence-electron chi connectivity index (χ4n) is 3.23. The number of aliphatic hydroxyl groups excluding tert-OH is 1. The van der Waals surface area contributed by atoms with Gasteiger partial charge >= 0.3 is 6.09 Å². The summed E-state index contributed by atoms with van der Waals surface area (Å²) < 4.78 is 5.20. The standard InChI is InChI=1S/C24H37N3O5/c1-7-12-17(3)25-21(29)20(18-13-10-9-11-14-18)27(15-8-2)22(30)19(16-28)26-23(31)32-24(4,5)6/h8-11,13-14,17,19-20,28H,2,7,12,15-16H2,1,3-6H3,(H,25,29)(H,26,31). The predicted octanol–water partition coefficient (Wildman–Crippen LogP) is 2.93. The van der Waals surface area contributed by atoms with Crippen LogP contribution in [-0.2, 0) is 14.3 Å². The second-order valence-corrected chi connectivity index (χ2v) is 8.67. The van der Waals surface area contributed by atoms with Crippen LogP contribution in [-0.4, -0.2) is 58.8 Å². The van der Waals surface area contributed by atoms with Gasteiger partial charge in [0.15, 0.2) is 0 Å². The number of hydrogen-bond donors (Lipinski definition) is 3. The van der Waals surface area contributed by atoms with Crippen LogP contribution in [0, 0.1) is 0 Å². The van der Waals surface area contributed by atoms with Crippen LogP contribution in [0.2, 0.25) is 0 Å². The third-order valence-corrected chi connectivity index (χ3v) is 4.57. The molecule has 0 saturated carbocycles. The van der Waals surface area contributed by atoms with Crippen LogP contribution in [0.5, 0.6) is 0 Å². The summed E-state index contributed by atoms with van der Waals surface area (Å²) in [7, 11) is 0. The summed E-state index contributed by atoms with van der Waals surface area (Å²) in [4.78, 5) is 40.1. The average molecular weight is 448 g/mol. The van der Waals surface area contributed by atoms with E-state index < -0.39 is 36.3 Å². The summed E-state index contributed by atoms with van der Waals surface area (Å²) >= 11 is 0. The fraction of sp³-hybridized carbons (Fsp3) is 0.542. The minimum absolute atomic E-state index is 0.0421. The minimum atomic E-state index is -1.28. The first-order valence-corrected chi connectivity index (χ1v) is 10.9. The third kappa shape index (κ3) is 8.70. The van der Waals surface area contributed by atoms with Gasteiger partial charge in [0.05, 0.1) is 6.61 Å². The van der Waals surface area contributed by atoms with Crippen molar-refractivity contribution in [3.05, 3.63) is 48.6 Å². The molecule has 3 amide bonds. The zero-order chi connectivity index (χ0) is 24.3. The van der Waals surface area contributed by atoms with E-state index in [2.05, 4.69) is 17.2 Å². The lowest BCUT2D eigenvalue weighted by Gasteiger charge is -2.34. The van der Waals surface area contributed by atoms with Crippen molar-refractivity contribution in [3.8, 4) is 0 Å². The van der Waals surface area contributed by atoms with Gasteiger partial charge in [-0.1, -0.05) is 49.8 Å². The Morgan fingerprint density at radius 2 is 1.81 bits per heavy atom. The molecular formula is C24H37N3O5. The minimum Gasteiger partial charge on any atom is -0.444 e. The number of amides is 3. The lowest BCUT2D eigenvalue weighted by molar-refractivity contribution is -0.142.